The average molecular weight is 441 g/mol. The number of nitrogens with zero attached hydrogens (tertiary/aromatic N) is 1. The molecule has 1 fully saturated rings. The Hall–Kier alpha value is -2.33. The van der Waals surface area contributed by atoms with Crippen LogP contribution in [0.15, 0.2) is 54.6 Å². The molecule has 31 heavy (non-hydrogen) atoms. The fraction of sp³-hybridized carbons (Fsp3) is 0.462. The lowest BCUT2D eigenvalue weighted by Crippen LogP contribution is -2.52. The summed E-state index contributed by atoms with van der Waals surface area (Å²) in [4.78, 5) is 28.3. The zero-order valence-corrected chi connectivity index (χ0v) is 19.1. The van der Waals surface area contributed by atoms with E-state index in [0.29, 0.717) is 18.0 Å². The van der Waals surface area contributed by atoms with Crippen molar-refractivity contribution in [2.24, 2.45) is 0 Å². The van der Waals surface area contributed by atoms with Gasteiger partial charge >= 0.3 is 0 Å². The molecule has 166 valence electrons. The summed E-state index contributed by atoms with van der Waals surface area (Å²) >= 11 is 5.99. The quantitative estimate of drug-likeness (QED) is 0.583. The van der Waals surface area contributed by atoms with Crippen LogP contribution in [0.1, 0.15) is 56.6 Å². The van der Waals surface area contributed by atoms with E-state index >= 15 is 0 Å². The maximum absolute atomic E-state index is 13.3. The third-order valence-electron chi connectivity index (χ3n) is 6.09. The molecule has 0 aliphatic heterocycles. The predicted molar refractivity (Wildman–Crippen MR) is 126 cm³/mol. The van der Waals surface area contributed by atoms with E-state index in [4.69, 9.17) is 11.6 Å². The van der Waals surface area contributed by atoms with Gasteiger partial charge in [0.15, 0.2) is 0 Å². The van der Waals surface area contributed by atoms with Gasteiger partial charge in [0.05, 0.1) is 6.42 Å². The molecule has 0 spiro atoms. The van der Waals surface area contributed by atoms with Crippen molar-refractivity contribution in [2.75, 3.05) is 6.54 Å². The molecule has 1 aliphatic carbocycles. The summed E-state index contributed by atoms with van der Waals surface area (Å²) in [6.07, 6.45) is 7.21. The summed E-state index contributed by atoms with van der Waals surface area (Å²) in [7, 11) is 0. The molecule has 1 atom stereocenters. The summed E-state index contributed by atoms with van der Waals surface area (Å²) in [6.45, 7) is 2.50. The molecule has 1 saturated carbocycles. The van der Waals surface area contributed by atoms with Crippen LogP contribution in [0.5, 0.6) is 0 Å². The van der Waals surface area contributed by atoms with E-state index in [0.717, 1.165) is 43.2 Å². The van der Waals surface area contributed by atoms with Gasteiger partial charge in [-0.25, -0.2) is 0 Å². The fourth-order valence-corrected chi connectivity index (χ4v) is 4.44. The van der Waals surface area contributed by atoms with Crippen molar-refractivity contribution >= 4 is 23.4 Å². The second-order valence-corrected chi connectivity index (χ2v) is 8.83. The van der Waals surface area contributed by atoms with Crippen molar-refractivity contribution in [1.29, 1.82) is 0 Å². The zero-order valence-electron chi connectivity index (χ0n) is 18.4. The van der Waals surface area contributed by atoms with Crippen LogP contribution in [0.25, 0.3) is 0 Å². The molecule has 1 unspecified atom stereocenters. The number of rotatable bonds is 9. The van der Waals surface area contributed by atoms with E-state index in [-0.39, 0.29) is 24.3 Å². The minimum absolute atomic E-state index is 0.0214. The van der Waals surface area contributed by atoms with Crippen LogP contribution in [-0.4, -0.2) is 35.3 Å². The minimum atomic E-state index is -0.453. The van der Waals surface area contributed by atoms with Crippen LogP contribution < -0.4 is 5.32 Å². The number of hydrogen-bond donors (Lipinski definition) is 1. The van der Waals surface area contributed by atoms with E-state index in [1.807, 2.05) is 37.3 Å². The van der Waals surface area contributed by atoms with Gasteiger partial charge in [-0.1, -0.05) is 80.3 Å². The molecule has 0 aromatic heterocycles. The normalized spacial score (nSPS) is 15.3. The highest BCUT2D eigenvalue weighted by Crippen LogP contribution is 2.19. The van der Waals surface area contributed by atoms with Crippen molar-refractivity contribution in [3.8, 4) is 0 Å². The molecule has 3 rings (SSSR count). The summed E-state index contributed by atoms with van der Waals surface area (Å²) in [6, 6.07) is 17.2. The lowest BCUT2D eigenvalue weighted by atomic mass is 9.95. The Kier molecular flexibility index (Phi) is 8.96. The molecular weight excluding hydrogens is 408 g/mol. The van der Waals surface area contributed by atoms with E-state index in [1.165, 1.54) is 6.42 Å². The van der Waals surface area contributed by atoms with Gasteiger partial charge in [0.25, 0.3) is 0 Å². The lowest BCUT2D eigenvalue weighted by Gasteiger charge is -2.33. The molecule has 1 N–H and O–H groups in total. The topological polar surface area (TPSA) is 49.4 Å². The first kappa shape index (κ1) is 23.3. The monoisotopic (exact) mass is 440 g/mol. The van der Waals surface area contributed by atoms with Crippen molar-refractivity contribution in [3.63, 3.8) is 0 Å². The third-order valence-corrected chi connectivity index (χ3v) is 6.34. The Morgan fingerprint density at radius 1 is 1.00 bits per heavy atom. The number of halogens is 1. The van der Waals surface area contributed by atoms with Gasteiger partial charge in [0.1, 0.15) is 6.04 Å². The molecule has 0 bridgehead atoms. The molecule has 4 nitrogen and oxygen atoms in total. The fourth-order valence-electron chi connectivity index (χ4n) is 4.32. The van der Waals surface area contributed by atoms with Gasteiger partial charge in [0.2, 0.25) is 11.8 Å². The minimum Gasteiger partial charge on any atom is -0.352 e. The molecule has 0 radical (unpaired) electrons. The Labute approximate surface area is 191 Å². The number of benzene rings is 2. The highest BCUT2D eigenvalue weighted by molar-refractivity contribution is 6.30. The Balaban J connectivity index is 1.73. The van der Waals surface area contributed by atoms with Gasteiger partial charge in [-0.05, 0) is 48.9 Å². The van der Waals surface area contributed by atoms with Crippen molar-refractivity contribution in [2.45, 2.75) is 70.4 Å². The van der Waals surface area contributed by atoms with Crippen LogP contribution in [-0.2, 0) is 22.4 Å². The van der Waals surface area contributed by atoms with Crippen molar-refractivity contribution < 1.29 is 9.59 Å². The van der Waals surface area contributed by atoms with Crippen LogP contribution in [0.2, 0.25) is 5.02 Å². The van der Waals surface area contributed by atoms with Gasteiger partial charge in [-0.3, -0.25) is 9.59 Å². The van der Waals surface area contributed by atoms with E-state index in [2.05, 4.69) is 17.4 Å². The molecule has 0 heterocycles. The molecule has 1 aliphatic rings. The molecule has 2 aromatic carbocycles. The van der Waals surface area contributed by atoms with Crippen LogP contribution in [0.4, 0.5) is 0 Å². The first-order valence-electron chi connectivity index (χ1n) is 11.4. The van der Waals surface area contributed by atoms with Crippen molar-refractivity contribution in [1.82, 2.24) is 10.2 Å². The Morgan fingerprint density at radius 3 is 2.32 bits per heavy atom. The average Bonchev–Trinajstić information content (AvgIpc) is 2.79. The summed E-state index contributed by atoms with van der Waals surface area (Å²) in [5.74, 6) is -0.0455. The highest BCUT2D eigenvalue weighted by atomic mass is 35.5. The smallest absolute Gasteiger partial charge is 0.243 e. The van der Waals surface area contributed by atoms with Crippen LogP contribution >= 0.6 is 11.6 Å². The van der Waals surface area contributed by atoms with Crippen LogP contribution in [0, 0.1) is 0 Å². The second-order valence-electron chi connectivity index (χ2n) is 8.39. The zero-order chi connectivity index (χ0) is 22.1. The largest absolute Gasteiger partial charge is 0.352 e. The Morgan fingerprint density at radius 2 is 1.68 bits per heavy atom. The number of hydrogen-bond acceptors (Lipinski definition) is 2. The molecular formula is C26H33ClN2O2. The maximum Gasteiger partial charge on any atom is 0.243 e. The Bertz CT molecular complexity index is 832. The van der Waals surface area contributed by atoms with Gasteiger partial charge < -0.3 is 10.2 Å². The highest BCUT2D eigenvalue weighted by Gasteiger charge is 2.29. The maximum atomic E-state index is 13.3. The lowest BCUT2D eigenvalue weighted by molar-refractivity contribution is -0.140. The van der Waals surface area contributed by atoms with Gasteiger partial charge in [-0.15, -0.1) is 0 Å². The number of carbonyl (C=O) groups is 2. The number of nitrogens with one attached hydrogen (secondary N) is 1. The van der Waals surface area contributed by atoms with E-state index < -0.39 is 6.04 Å². The standard InChI is InChI=1S/C26H33ClN2O2/c1-2-24(26(31)28-23-11-7-4-8-12-23)29(18-17-20-9-5-3-6-10-20)25(30)19-21-13-15-22(27)16-14-21/h3,5-6,9-10,13-16,23-24H,2,4,7-8,11-12,17-19H2,1H3,(H,28,31). The third kappa shape index (κ3) is 7.10. The SMILES string of the molecule is CCC(C(=O)NC1CCCCC1)N(CCc1ccccc1)C(=O)Cc1ccc(Cl)cc1. The van der Waals surface area contributed by atoms with Crippen LogP contribution in [0.3, 0.4) is 0 Å². The van der Waals surface area contributed by atoms with Gasteiger partial charge in [-0.2, -0.15) is 0 Å². The summed E-state index contributed by atoms with van der Waals surface area (Å²) in [5, 5.41) is 3.87. The molecule has 5 heteroatoms. The first-order chi connectivity index (χ1) is 15.1. The number of carbonyl (C=O) groups excluding carboxylic acids is 2. The van der Waals surface area contributed by atoms with E-state index in [9.17, 15) is 9.59 Å². The second kappa shape index (κ2) is 11.9. The van der Waals surface area contributed by atoms with Crippen molar-refractivity contribution in [3.05, 3.63) is 70.7 Å². The molecule has 2 aromatic rings. The number of amides is 2. The van der Waals surface area contributed by atoms with E-state index in [1.54, 1.807) is 17.0 Å². The first-order valence-corrected chi connectivity index (χ1v) is 11.8. The van der Waals surface area contributed by atoms with Gasteiger partial charge in [0, 0.05) is 17.6 Å². The predicted octanol–water partition coefficient (Wildman–Crippen LogP) is 5.18. The summed E-state index contributed by atoms with van der Waals surface area (Å²) in [5.41, 5.74) is 2.07. The molecule has 0 saturated heterocycles. The molecule has 2 amide bonds. The summed E-state index contributed by atoms with van der Waals surface area (Å²) < 4.78 is 0.